The lowest BCUT2D eigenvalue weighted by atomic mass is 9.92. The van der Waals surface area contributed by atoms with Gasteiger partial charge in [0.2, 0.25) is 5.91 Å². The van der Waals surface area contributed by atoms with Crippen LogP contribution in [-0.2, 0) is 4.79 Å². The summed E-state index contributed by atoms with van der Waals surface area (Å²) in [5.41, 5.74) is 0. The van der Waals surface area contributed by atoms with Crippen molar-refractivity contribution in [3.63, 3.8) is 0 Å². The minimum Gasteiger partial charge on any atom is -0.354 e. The lowest BCUT2D eigenvalue weighted by molar-refractivity contribution is -0.126. The van der Waals surface area contributed by atoms with Crippen molar-refractivity contribution in [2.75, 3.05) is 27.2 Å². The van der Waals surface area contributed by atoms with Crippen molar-refractivity contribution >= 4 is 5.91 Å². The standard InChI is InChI=1S/C15H31N3O/c1-11(2)8-14(18(4)5)10-17-15(19)13-6-7-16-12(3)9-13/h11-14,16H,6-10H2,1-5H3,(H,17,19)/t12-,13-,14?/m0/s1. The topological polar surface area (TPSA) is 44.4 Å². The average molecular weight is 269 g/mol. The second kappa shape index (κ2) is 7.85. The van der Waals surface area contributed by atoms with Crippen LogP contribution in [0.4, 0.5) is 0 Å². The van der Waals surface area contributed by atoms with Gasteiger partial charge in [-0.1, -0.05) is 13.8 Å². The van der Waals surface area contributed by atoms with E-state index in [2.05, 4.69) is 50.4 Å². The molecule has 1 fully saturated rings. The summed E-state index contributed by atoms with van der Waals surface area (Å²) >= 11 is 0. The Bertz CT molecular complexity index is 279. The van der Waals surface area contributed by atoms with Gasteiger partial charge in [-0.2, -0.15) is 0 Å². The summed E-state index contributed by atoms with van der Waals surface area (Å²) < 4.78 is 0. The van der Waals surface area contributed by atoms with Gasteiger partial charge in [0.15, 0.2) is 0 Å². The van der Waals surface area contributed by atoms with E-state index in [4.69, 9.17) is 0 Å². The molecule has 0 aromatic rings. The van der Waals surface area contributed by atoms with Gasteiger partial charge in [0.05, 0.1) is 0 Å². The van der Waals surface area contributed by atoms with Gasteiger partial charge in [0.1, 0.15) is 0 Å². The first-order valence-corrected chi connectivity index (χ1v) is 7.57. The number of nitrogens with zero attached hydrogens (tertiary/aromatic N) is 1. The highest BCUT2D eigenvalue weighted by Gasteiger charge is 2.25. The number of hydrogen-bond acceptors (Lipinski definition) is 3. The second-order valence-corrected chi connectivity index (χ2v) is 6.57. The summed E-state index contributed by atoms with van der Waals surface area (Å²) in [7, 11) is 4.18. The normalized spacial score (nSPS) is 25.6. The van der Waals surface area contributed by atoms with Gasteiger partial charge in [-0.25, -0.2) is 0 Å². The number of nitrogens with one attached hydrogen (secondary N) is 2. The van der Waals surface area contributed by atoms with E-state index in [-0.39, 0.29) is 11.8 Å². The smallest absolute Gasteiger partial charge is 0.223 e. The van der Waals surface area contributed by atoms with Crippen molar-refractivity contribution in [2.24, 2.45) is 11.8 Å². The molecule has 1 aliphatic rings. The molecule has 3 atom stereocenters. The first-order chi connectivity index (χ1) is 8.90. The molecule has 1 unspecified atom stereocenters. The van der Waals surface area contributed by atoms with Crippen LogP contribution in [0.1, 0.15) is 40.0 Å². The minimum absolute atomic E-state index is 0.193. The van der Waals surface area contributed by atoms with E-state index in [0.29, 0.717) is 18.0 Å². The molecule has 0 saturated carbocycles. The summed E-state index contributed by atoms with van der Waals surface area (Å²) in [6, 6.07) is 0.896. The van der Waals surface area contributed by atoms with Crippen LogP contribution in [0.2, 0.25) is 0 Å². The van der Waals surface area contributed by atoms with Gasteiger partial charge >= 0.3 is 0 Å². The molecule has 0 bridgehead atoms. The van der Waals surface area contributed by atoms with Crippen LogP contribution >= 0.6 is 0 Å². The molecule has 0 aliphatic carbocycles. The molecule has 1 rings (SSSR count). The lowest BCUT2D eigenvalue weighted by Crippen LogP contribution is -2.46. The second-order valence-electron chi connectivity index (χ2n) is 6.57. The number of carbonyl (C=O) groups excluding carboxylic acids is 1. The van der Waals surface area contributed by atoms with Crippen LogP contribution in [0.25, 0.3) is 0 Å². The van der Waals surface area contributed by atoms with E-state index < -0.39 is 0 Å². The van der Waals surface area contributed by atoms with Crippen LogP contribution in [0.5, 0.6) is 0 Å². The first kappa shape index (κ1) is 16.4. The summed E-state index contributed by atoms with van der Waals surface area (Å²) in [6.45, 7) is 8.34. The van der Waals surface area contributed by atoms with Crippen molar-refractivity contribution in [1.29, 1.82) is 0 Å². The molecule has 1 heterocycles. The minimum atomic E-state index is 0.193. The third-order valence-corrected chi connectivity index (χ3v) is 3.98. The quantitative estimate of drug-likeness (QED) is 0.767. The zero-order valence-electron chi connectivity index (χ0n) is 13.2. The van der Waals surface area contributed by atoms with Crippen LogP contribution in [0.15, 0.2) is 0 Å². The van der Waals surface area contributed by atoms with Crippen LogP contribution in [0.3, 0.4) is 0 Å². The molecule has 0 radical (unpaired) electrons. The molecule has 1 aliphatic heterocycles. The third-order valence-electron chi connectivity index (χ3n) is 3.98. The molecular formula is C15H31N3O. The zero-order chi connectivity index (χ0) is 14.4. The molecule has 0 aromatic heterocycles. The Labute approximate surface area is 118 Å². The van der Waals surface area contributed by atoms with Gasteiger partial charge in [0.25, 0.3) is 0 Å². The van der Waals surface area contributed by atoms with E-state index in [1.165, 1.54) is 0 Å². The summed E-state index contributed by atoms with van der Waals surface area (Å²) in [4.78, 5) is 14.4. The number of carbonyl (C=O) groups is 1. The van der Waals surface area contributed by atoms with Crippen LogP contribution in [0, 0.1) is 11.8 Å². The number of hydrogen-bond donors (Lipinski definition) is 2. The van der Waals surface area contributed by atoms with Gasteiger partial charge in [0, 0.05) is 24.5 Å². The van der Waals surface area contributed by atoms with Gasteiger partial charge in [-0.05, 0) is 52.7 Å². The maximum Gasteiger partial charge on any atom is 0.223 e. The number of amides is 1. The lowest BCUT2D eigenvalue weighted by Gasteiger charge is -2.30. The summed E-state index contributed by atoms with van der Waals surface area (Å²) in [5.74, 6) is 1.09. The molecule has 112 valence electrons. The summed E-state index contributed by atoms with van der Waals surface area (Å²) in [6.07, 6.45) is 3.05. The van der Waals surface area contributed by atoms with Crippen LogP contribution < -0.4 is 10.6 Å². The van der Waals surface area contributed by atoms with Gasteiger partial charge in [-0.15, -0.1) is 0 Å². The molecule has 1 saturated heterocycles. The first-order valence-electron chi connectivity index (χ1n) is 7.57. The molecule has 4 heteroatoms. The molecule has 19 heavy (non-hydrogen) atoms. The Morgan fingerprint density at radius 1 is 1.42 bits per heavy atom. The fourth-order valence-corrected chi connectivity index (χ4v) is 2.75. The molecule has 1 amide bonds. The Balaban J connectivity index is 2.38. The number of rotatable bonds is 6. The van der Waals surface area contributed by atoms with Crippen molar-refractivity contribution in [1.82, 2.24) is 15.5 Å². The van der Waals surface area contributed by atoms with E-state index >= 15 is 0 Å². The average Bonchev–Trinajstić information content (AvgIpc) is 2.33. The Morgan fingerprint density at radius 2 is 2.11 bits per heavy atom. The van der Waals surface area contributed by atoms with E-state index in [1.807, 2.05) is 0 Å². The highest BCUT2D eigenvalue weighted by molar-refractivity contribution is 5.78. The van der Waals surface area contributed by atoms with Crippen molar-refractivity contribution in [2.45, 2.75) is 52.1 Å². The Hall–Kier alpha value is -0.610. The van der Waals surface area contributed by atoms with Crippen LogP contribution in [-0.4, -0.2) is 50.1 Å². The SMILES string of the molecule is CC(C)CC(CNC(=O)[C@H]1CCN[C@@H](C)C1)N(C)C. The predicted octanol–water partition coefficient (Wildman–Crippen LogP) is 1.47. The fourth-order valence-electron chi connectivity index (χ4n) is 2.75. The third kappa shape index (κ3) is 5.91. The molecule has 4 nitrogen and oxygen atoms in total. The van der Waals surface area contributed by atoms with Crippen molar-refractivity contribution in [3.05, 3.63) is 0 Å². The fraction of sp³-hybridized carbons (Fsp3) is 0.933. The molecule has 2 N–H and O–H groups in total. The van der Waals surface area contributed by atoms with Crippen molar-refractivity contribution < 1.29 is 4.79 Å². The highest BCUT2D eigenvalue weighted by atomic mass is 16.1. The number of piperidine rings is 1. The maximum atomic E-state index is 12.2. The summed E-state index contributed by atoms with van der Waals surface area (Å²) in [5, 5.41) is 6.54. The van der Waals surface area contributed by atoms with E-state index in [0.717, 1.165) is 32.4 Å². The van der Waals surface area contributed by atoms with E-state index in [9.17, 15) is 4.79 Å². The van der Waals surface area contributed by atoms with Gasteiger partial charge in [-0.3, -0.25) is 4.79 Å². The largest absolute Gasteiger partial charge is 0.354 e. The van der Waals surface area contributed by atoms with Gasteiger partial charge < -0.3 is 15.5 Å². The molecule has 0 spiro atoms. The Morgan fingerprint density at radius 3 is 2.63 bits per heavy atom. The highest BCUT2D eigenvalue weighted by Crippen LogP contribution is 2.16. The van der Waals surface area contributed by atoms with E-state index in [1.54, 1.807) is 0 Å². The Kier molecular flexibility index (Phi) is 6.80. The predicted molar refractivity (Wildman–Crippen MR) is 80.1 cm³/mol. The molecular weight excluding hydrogens is 238 g/mol. The zero-order valence-corrected chi connectivity index (χ0v) is 13.2. The maximum absolute atomic E-state index is 12.2. The monoisotopic (exact) mass is 269 g/mol. The number of likely N-dealkylation sites (N-methyl/N-ethyl adjacent to an activating group) is 1. The molecule has 0 aromatic carbocycles. The van der Waals surface area contributed by atoms with Crippen molar-refractivity contribution in [3.8, 4) is 0 Å².